The van der Waals surface area contributed by atoms with Crippen LogP contribution in [-0.2, 0) is 17.4 Å². The molecule has 2 aliphatic carbocycles. The molecule has 1 atom stereocenters. The van der Waals surface area contributed by atoms with Crippen LogP contribution in [0.5, 0.6) is 5.75 Å². The topological polar surface area (TPSA) is 80.6 Å². The molecular formula is C27H28Cl2N2O4. The van der Waals surface area contributed by atoms with Gasteiger partial charge in [-0.2, -0.15) is 0 Å². The number of carboxylic acids is 1. The van der Waals surface area contributed by atoms with E-state index in [9.17, 15) is 14.7 Å². The molecule has 35 heavy (non-hydrogen) atoms. The molecule has 5 rings (SSSR count). The van der Waals surface area contributed by atoms with Crippen molar-refractivity contribution in [1.29, 1.82) is 0 Å². The molecule has 184 valence electrons. The van der Waals surface area contributed by atoms with Crippen LogP contribution in [0.1, 0.15) is 66.1 Å². The van der Waals surface area contributed by atoms with Gasteiger partial charge in [0.05, 0.1) is 29.1 Å². The number of aromatic nitrogens is 1. The second kappa shape index (κ2) is 9.07. The third-order valence-corrected chi connectivity index (χ3v) is 8.50. The highest BCUT2D eigenvalue weighted by Crippen LogP contribution is 2.44. The Morgan fingerprint density at radius 1 is 1.17 bits per heavy atom. The van der Waals surface area contributed by atoms with Gasteiger partial charge >= 0.3 is 5.97 Å². The number of benzene rings is 2. The van der Waals surface area contributed by atoms with E-state index in [4.69, 9.17) is 27.9 Å². The summed E-state index contributed by atoms with van der Waals surface area (Å²) < 4.78 is 7.11. The van der Waals surface area contributed by atoms with Crippen molar-refractivity contribution in [2.45, 2.75) is 50.0 Å². The highest BCUT2D eigenvalue weighted by atomic mass is 35.5. The summed E-state index contributed by atoms with van der Waals surface area (Å²) in [6.07, 6.45) is 5.59. The largest absolute Gasteiger partial charge is 0.495 e. The third kappa shape index (κ3) is 4.27. The molecule has 0 saturated heterocycles. The molecule has 8 heteroatoms. The van der Waals surface area contributed by atoms with Crippen molar-refractivity contribution in [1.82, 2.24) is 9.88 Å². The normalized spacial score (nSPS) is 17.6. The van der Waals surface area contributed by atoms with Crippen LogP contribution in [0.2, 0.25) is 10.0 Å². The van der Waals surface area contributed by atoms with Crippen molar-refractivity contribution in [3.05, 3.63) is 63.3 Å². The molecule has 0 bridgehead atoms. The molecule has 1 amide bonds. The van der Waals surface area contributed by atoms with E-state index in [-0.39, 0.29) is 5.91 Å². The van der Waals surface area contributed by atoms with Crippen molar-refractivity contribution < 1.29 is 19.4 Å². The molecule has 2 N–H and O–H groups in total. The summed E-state index contributed by atoms with van der Waals surface area (Å²) in [5, 5.41) is 14.3. The van der Waals surface area contributed by atoms with E-state index in [0.717, 1.165) is 48.7 Å². The molecular weight excluding hydrogens is 487 g/mol. The van der Waals surface area contributed by atoms with Gasteiger partial charge in [-0.15, -0.1) is 0 Å². The zero-order valence-corrected chi connectivity index (χ0v) is 21.2. The van der Waals surface area contributed by atoms with Crippen LogP contribution in [0.4, 0.5) is 0 Å². The number of aliphatic carboxylic acids is 1. The number of amides is 1. The SMILES string of the molecule is COc1cc2c(cc(C(=O)NC3(c4ccc(C(CC5CC5)C(=O)O)cc4)CCC3)n2C)c(Cl)c1Cl. The van der Waals surface area contributed by atoms with Crippen molar-refractivity contribution in [3.8, 4) is 5.75 Å². The summed E-state index contributed by atoms with van der Waals surface area (Å²) in [5.41, 5.74) is 2.58. The van der Waals surface area contributed by atoms with Crippen LogP contribution < -0.4 is 10.1 Å². The summed E-state index contributed by atoms with van der Waals surface area (Å²) in [4.78, 5) is 25.3. The van der Waals surface area contributed by atoms with Gasteiger partial charge in [0.15, 0.2) is 0 Å². The fourth-order valence-electron chi connectivity index (χ4n) is 5.15. The second-order valence-electron chi connectivity index (χ2n) is 9.81. The second-order valence-corrected chi connectivity index (χ2v) is 10.6. The molecule has 0 spiro atoms. The lowest BCUT2D eigenvalue weighted by Gasteiger charge is -2.43. The highest BCUT2D eigenvalue weighted by molar-refractivity contribution is 6.46. The van der Waals surface area contributed by atoms with Gasteiger partial charge in [-0.3, -0.25) is 9.59 Å². The van der Waals surface area contributed by atoms with Crippen LogP contribution >= 0.6 is 23.2 Å². The van der Waals surface area contributed by atoms with Crippen molar-refractivity contribution in [2.24, 2.45) is 13.0 Å². The monoisotopic (exact) mass is 514 g/mol. The molecule has 2 aromatic carbocycles. The Hall–Kier alpha value is -2.70. The Morgan fingerprint density at radius 2 is 1.86 bits per heavy atom. The standard InChI is InChI=1S/C27H28Cl2N2O4/c1-31-20-14-22(35-2)24(29)23(28)19(20)13-21(31)25(32)30-27(10-3-11-27)17-8-6-16(7-9-17)18(26(33)34)12-15-4-5-15/h6-9,13-15,18H,3-5,10-12H2,1-2H3,(H,30,32)(H,33,34). The number of rotatable bonds is 8. The first-order valence-electron chi connectivity index (χ1n) is 11.9. The lowest BCUT2D eigenvalue weighted by atomic mass is 9.71. The maximum atomic E-state index is 13.4. The minimum atomic E-state index is -0.775. The molecule has 1 unspecified atom stereocenters. The Morgan fingerprint density at radius 3 is 2.40 bits per heavy atom. The van der Waals surface area contributed by atoms with Crippen molar-refractivity contribution in [2.75, 3.05) is 7.11 Å². The van der Waals surface area contributed by atoms with Crippen LogP contribution in [0.3, 0.4) is 0 Å². The van der Waals surface area contributed by atoms with E-state index in [0.29, 0.717) is 39.2 Å². The number of fused-ring (bicyclic) bond motifs is 1. The van der Waals surface area contributed by atoms with Crippen molar-refractivity contribution >= 4 is 46.0 Å². The maximum absolute atomic E-state index is 13.4. The molecule has 2 saturated carbocycles. The molecule has 2 aliphatic rings. The molecule has 0 radical (unpaired) electrons. The van der Waals surface area contributed by atoms with E-state index in [1.165, 1.54) is 7.11 Å². The van der Waals surface area contributed by atoms with E-state index >= 15 is 0 Å². The van der Waals surface area contributed by atoms with Gasteiger partial charge in [-0.05, 0) is 48.8 Å². The summed E-state index contributed by atoms with van der Waals surface area (Å²) in [6, 6.07) is 11.3. The van der Waals surface area contributed by atoms with Crippen molar-refractivity contribution in [3.63, 3.8) is 0 Å². The van der Waals surface area contributed by atoms with Gasteiger partial charge in [0.2, 0.25) is 0 Å². The van der Waals surface area contributed by atoms with Gasteiger partial charge in [-0.25, -0.2) is 0 Å². The van der Waals surface area contributed by atoms with E-state index in [1.54, 1.807) is 16.7 Å². The van der Waals surface area contributed by atoms with Gasteiger partial charge in [0.25, 0.3) is 5.91 Å². The summed E-state index contributed by atoms with van der Waals surface area (Å²) in [6.45, 7) is 0. The van der Waals surface area contributed by atoms with Crippen LogP contribution in [-0.4, -0.2) is 28.7 Å². The quantitative estimate of drug-likeness (QED) is 0.371. The number of nitrogens with zero attached hydrogens (tertiary/aromatic N) is 1. The lowest BCUT2D eigenvalue weighted by Crippen LogP contribution is -2.51. The van der Waals surface area contributed by atoms with Crippen LogP contribution in [0.15, 0.2) is 36.4 Å². The Bertz CT molecular complexity index is 1310. The summed E-state index contributed by atoms with van der Waals surface area (Å²) in [5.74, 6) is -0.475. The highest BCUT2D eigenvalue weighted by Gasteiger charge is 2.41. The summed E-state index contributed by atoms with van der Waals surface area (Å²) >= 11 is 12.8. The Labute approximate surface area is 214 Å². The number of aryl methyl sites for hydroxylation is 1. The number of hydrogen-bond donors (Lipinski definition) is 2. The average Bonchev–Trinajstić information content (AvgIpc) is 3.58. The van der Waals surface area contributed by atoms with Gasteiger partial charge in [0.1, 0.15) is 16.5 Å². The number of nitrogens with one attached hydrogen (secondary N) is 1. The van der Waals surface area contributed by atoms with E-state index < -0.39 is 17.4 Å². The first-order chi connectivity index (χ1) is 16.7. The van der Waals surface area contributed by atoms with E-state index in [2.05, 4.69) is 5.32 Å². The number of hydrogen-bond acceptors (Lipinski definition) is 3. The smallest absolute Gasteiger partial charge is 0.310 e. The number of carbonyl (C=O) groups excluding carboxylic acids is 1. The maximum Gasteiger partial charge on any atom is 0.310 e. The zero-order chi connectivity index (χ0) is 24.9. The summed E-state index contributed by atoms with van der Waals surface area (Å²) in [7, 11) is 3.34. The molecule has 3 aromatic rings. The lowest BCUT2D eigenvalue weighted by molar-refractivity contribution is -0.139. The predicted molar refractivity (Wildman–Crippen MR) is 137 cm³/mol. The predicted octanol–water partition coefficient (Wildman–Crippen LogP) is 6.27. The number of carboxylic acid groups (broad SMARTS) is 1. The van der Waals surface area contributed by atoms with Gasteiger partial charge < -0.3 is 19.7 Å². The first-order valence-corrected chi connectivity index (χ1v) is 12.7. The molecule has 1 heterocycles. The van der Waals surface area contributed by atoms with E-state index in [1.807, 2.05) is 31.3 Å². The first kappa shape index (κ1) is 24.0. The Balaban J connectivity index is 1.41. The minimum absolute atomic E-state index is 0.198. The molecule has 0 aliphatic heterocycles. The fourth-order valence-corrected chi connectivity index (χ4v) is 5.63. The fraction of sp³-hybridized carbons (Fsp3) is 0.407. The van der Waals surface area contributed by atoms with Crippen LogP contribution in [0.25, 0.3) is 10.9 Å². The van der Waals surface area contributed by atoms with Gasteiger partial charge in [-0.1, -0.05) is 60.3 Å². The number of ether oxygens (including phenoxy) is 1. The van der Waals surface area contributed by atoms with Gasteiger partial charge in [0, 0.05) is 18.5 Å². The number of carbonyl (C=O) groups is 2. The number of halogens is 2. The Kier molecular flexibility index (Phi) is 6.22. The number of methoxy groups -OCH3 is 1. The zero-order valence-electron chi connectivity index (χ0n) is 19.7. The minimum Gasteiger partial charge on any atom is -0.495 e. The van der Waals surface area contributed by atoms with Crippen LogP contribution in [0, 0.1) is 5.92 Å². The molecule has 1 aromatic heterocycles. The third-order valence-electron chi connectivity index (χ3n) is 7.64. The molecule has 6 nitrogen and oxygen atoms in total. The molecule has 2 fully saturated rings. The average molecular weight is 515 g/mol.